The number of rotatable bonds is 0. The topological polar surface area (TPSA) is 60.9 Å². The Morgan fingerprint density at radius 3 is 2.42 bits per heavy atom. The van der Waals surface area contributed by atoms with E-state index in [-0.39, 0.29) is 6.04 Å². The van der Waals surface area contributed by atoms with Crippen LogP contribution in [0.2, 0.25) is 5.02 Å². The number of hydrogen-bond acceptors (Lipinski definition) is 4. The van der Waals surface area contributed by atoms with Crippen molar-refractivity contribution in [3.8, 4) is 0 Å². The highest BCUT2D eigenvalue weighted by molar-refractivity contribution is 6.31. The van der Waals surface area contributed by atoms with Crippen molar-refractivity contribution in [2.24, 2.45) is 11.3 Å². The minimum Gasteiger partial charge on any atom is -0.367 e. The second-order valence-corrected chi connectivity index (χ2v) is 8.21. The molecule has 1 aromatic carbocycles. The van der Waals surface area contributed by atoms with E-state index in [9.17, 15) is 14.4 Å². The minimum absolute atomic E-state index is 0.268. The fourth-order valence-electron chi connectivity index (χ4n) is 4.79. The Labute approximate surface area is 157 Å². The predicted octanol–water partition coefficient (Wildman–Crippen LogP) is 2.54. The first-order valence-electron chi connectivity index (χ1n) is 8.92. The van der Waals surface area contributed by atoms with Gasteiger partial charge in [0.2, 0.25) is 11.8 Å². The van der Waals surface area contributed by atoms with Crippen molar-refractivity contribution in [1.29, 1.82) is 0 Å². The lowest BCUT2D eigenvalue weighted by Gasteiger charge is -2.55. The lowest BCUT2D eigenvalue weighted by atomic mass is 9.64. The molecule has 7 heteroatoms. The number of anilines is 1. The zero-order chi connectivity index (χ0) is 18.8. The van der Waals surface area contributed by atoms with E-state index < -0.39 is 23.3 Å². The van der Waals surface area contributed by atoms with E-state index in [1.165, 1.54) is 14.1 Å². The molecule has 26 heavy (non-hydrogen) atoms. The quantitative estimate of drug-likeness (QED) is 0.654. The van der Waals surface area contributed by atoms with E-state index in [0.717, 1.165) is 40.4 Å². The van der Waals surface area contributed by atoms with Crippen molar-refractivity contribution >= 4 is 35.1 Å². The van der Waals surface area contributed by atoms with Gasteiger partial charge in [0.25, 0.3) is 0 Å². The standard InChI is InChI=1S/C19H22ClN3O3/c1-11-6-7-23-14-9-13(20)5-4-12(14)10-19(15(23)8-11)16(24)21(2)18(26)22(3)17(19)25/h4-5,9,11,15H,6-8,10H2,1-3H3/t11-,15+/m1/s1. The molecule has 2 saturated heterocycles. The van der Waals surface area contributed by atoms with Gasteiger partial charge in [0.1, 0.15) is 0 Å². The van der Waals surface area contributed by atoms with E-state index in [4.69, 9.17) is 11.6 Å². The summed E-state index contributed by atoms with van der Waals surface area (Å²) in [5.74, 6) is -0.381. The molecule has 0 saturated carbocycles. The van der Waals surface area contributed by atoms with Crippen molar-refractivity contribution < 1.29 is 14.4 Å². The molecule has 0 bridgehead atoms. The number of hydrogen-bond donors (Lipinski definition) is 0. The van der Waals surface area contributed by atoms with Gasteiger partial charge in [-0.25, -0.2) is 4.79 Å². The molecule has 1 spiro atoms. The smallest absolute Gasteiger partial charge is 0.332 e. The largest absolute Gasteiger partial charge is 0.367 e. The average Bonchev–Trinajstić information content (AvgIpc) is 2.63. The summed E-state index contributed by atoms with van der Waals surface area (Å²) >= 11 is 6.21. The summed E-state index contributed by atoms with van der Waals surface area (Å²) in [6.07, 6.45) is 2.03. The molecule has 0 N–H and O–H groups in total. The minimum atomic E-state index is -1.26. The Hall–Kier alpha value is -2.08. The SMILES string of the molecule is C[C@@H]1CCN2c3cc(Cl)ccc3CC3(C(=O)N(C)C(=O)N(C)C3=O)[C@@H]2C1. The number of benzene rings is 1. The molecule has 3 heterocycles. The van der Waals surface area contributed by atoms with Crippen LogP contribution in [-0.4, -0.2) is 54.3 Å². The molecule has 1 aromatic rings. The van der Waals surface area contributed by atoms with Crippen LogP contribution in [-0.2, 0) is 16.0 Å². The average molecular weight is 376 g/mol. The Morgan fingerprint density at radius 2 is 1.77 bits per heavy atom. The first-order valence-corrected chi connectivity index (χ1v) is 9.30. The highest BCUT2D eigenvalue weighted by Gasteiger charge is 2.63. The van der Waals surface area contributed by atoms with Crippen LogP contribution in [0.3, 0.4) is 0 Å². The summed E-state index contributed by atoms with van der Waals surface area (Å²) in [4.78, 5) is 43.2. The molecule has 6 nitrogen and oxygen atoms in total. The van der Waals surface area contributed by atoms with Crippen molar-refractivity contribution in [1.82, 2.24) is 9.80 Å². The highest BCUT2D eigenvalue weighted by Crippen LogP contribution is 2.49. The summed E-state index contributed by atoms with van der Waals surface area (Å²) in [5, 5.41) is 0.641. The zero-order valence-corrected chi connectivity index (χ0v) is 15.9. The van der Waals surface area contributed by atoms with Gasteiger partial charge in [-0.15, -0.1) is 0 Å². The monoisotopic (exact) mass is 375 g/mol. The Morgan fingerprint density at radius 1 is 1.12 bits per heavy atom. The fourth-order valence-corrected chi connectivity index (χ4v) is 4.96. The highest BCUT2D eigenvalue weighted by atomic mass is 35.5. The fraction of sp³-hybridized carbons (Fsp3) is 0.526. The number of carbonyl (C=O) groups is 3. The third-order valence-corrected chi connectivity index (χ3v) is 6.44. The number of fused-ring (bicyclic) bond motifs is 4. The van der Waals surface area contributed by atoms with Crippen LogP contribution in [0.1, 0.15) is 25.3 Å². The Kier molecular flexibility index (Phi) is 3.81. The number of piperidine rings is 1. The second-order valence-electron chi connectivity index (χ2n) is 7.77. The van der Waals surface area contributed by atoms with Crippen LogP contribution in [0.5, 0.6) is 0 Å². The third kappa shape index (κ3) is 2.14. The van der Waals surface area contributed by atoms with Crippen LogP contribution < -0.4 is 4.90 Å². The van der Waals surface area contributed by atoms with Crippen LogP contribution in [0.15, 0.2) is 18.2 Å². The van der Waals surface area contributed by atoms with Crippen molar-refractivity contribution in [2.75, 3.05) is 25.5 Å². The van der Waals surface area contributed by atoms with E-state index in [0.29, 0.717) is 17.4 Å². The van der Waals surface area contributed by atoms with Crippen LogP contribution in [0.25, 0.3) is 0 Å². The predicted molar refractivity (Wildman–Crippen MR) is 98.1 cm³/mol. The summed E-state index contributed by atoms with van der Waals surface area (Å²) < 4.78 is 0. The lowest BCUT2D eigenvalue weighted by Crippen LogP contribution is -2.72. The number of carbonyl (C=O) groups excluding carboxylic acids is 3. The number of nitrogens with zero attached hydrogens (tertiary/aromatic N) is 3. The zero-order valence-electron chi connectivity index (χ0n) is 15.2. The van der Waals surface area contributed by atoms with Gasteiger partial charge in [-0.2, -0.15) is 0 Å². The number of barbiturate groups is 1. The maximum Gasteiger partial charge on any atom is 0.332 e. The summed E-state index contributed by atoms with van der Waals surface area (Å²) in [6, 6.07) is 4.77. The number of urea groups is 1. The van der Waals surface area contributed by atoms with E-state index in [1.54, 1.807) is 6.07 Å². The van der Waals surface area contributed by atoms with Crippen LogP contribution in [0, 0.1) is 11.3 Å². The Balaban J connectivity index is 1.92. The van der Waals surface area contributed by atoms with Crippen molar-refractivity contribution in [3.63, 3.8) is 0 Å². The lowest BCUT2D eigenvalue weighted by molar-refractivity contribution is -0.160. The van der Waals surface area contributed by atoms with Gasteiger partial charge in [0.05, 0.1) is 6.04 Å². The van der Waals surface area contributed by atoms with Gasteiger partial charge in [-0.05, 0) is 42.9 Å². The molecule has 2 atom stereocenters. The molecule has 3 aliphatic heterocycles. The van der Waals surface area contributed by atoms with Gasteiger partial charge in [0.15, 0.2) is 5.41 Å². The van der Waals surface area contributed by atoms with Gasteiger partial charge >= 0.3 is 6.03 Å². The molecule has 3 aliphatic rings. The van der Waals surface area contributed by atoms with Crippen LogP contribution >= 0.6 is 11.6 Å². The number of halogens is 1. The Bertz CT molecular complexity index is 800. The first-order chi connectivity index (χ1) is 12.3. The van der Waals surface area contributed by atoms with Gasteiger partial charge < -0.3 is 4.90 Å². The normalized spacial score (nSPS) is 27.7. The number of amides is 4. The summed E-state index contributed by atoms with van der Waals surface area (Å²) in [5.41, 5.74) is 0.674. The molecule has 2 fully saturated rings. The van der Waals surface area contributed by atoms with E-state index >= 15 is 0 Å². The first kappa shape index (κ1) is 17.3. The third-order valence-electron chi connectivity index (χ3n) is 6.21. The molecule has 0 radical (unpaired) electrons. The van der Waals surface area contributed by atoms with Gasteiger partial charge in [0, 0.05) is 31.4 Å². The molecule has 0 unspecified atom stereocenters. The van der Waals surface area contributed by atoms with E-state index in [1.807, 2.05) is 12.1 Å². The molecular weight excluding hydrogens is 354 g/mol. The van der Waals surface area contributed by atoms with Gasteiger partial charge in [-0.1, -0.05) is 24.6 Å². The maximum atomic E-state index is 13.3. The van der Waals surface area contributed by atoms with Crippen LogP contribution in [0.4, 0.5) is 10.5 Å². The van der Waals surface area contributed by atoms with Crippen molar-refractivity contribution in [3.05, 3.63) is 28.8 Å². The molecule has 4 rings (SSSR count). The molecule has 0 aliphatic carbocycles. The molecule has 138 valence electrons. The maximum absolute atomic E-state index is 13.3. The van der Waals surface area contributed by atoms with Gasteiger partial charge in [-0.3, -0.25) is 19.4 Å². The summed E-state index contributed by atoms with van der Waals surface area (Å²) in [6.45, 7) is 2.91. The molecule has 4 amide bonds. The van der Waals surface area contributed by atoms with Crippen molar-refractivity contribution in [2.45, 2.75) is 32.2 Å². The second kappa shape index (κ2) is 5.71. The molecular formula is C19H22ClN3O3. The van der Waals surface area contributed by atoms with E-state index in [2.05, 4.69) is 11.8 Å². The molecule has 0 aromatic heterocycles. The summed E-state index contributed by atoms with van der Waals surface area (Å²) in [7, 11) is 2.92. The number of imide groups is 2.